The van der Waals surface area contributed by atoms with Crippen molar-refractivity contribution in [2.24, 2.45) is 0 Å². The molecule has 112 valence electrons. The predicted molar refractivity (Wildman–Crippen MR) is 82.7 cm³/mol. The van der Waals surface area contributed by atoms with Crippen molar-refractivity contribution in [2.75, 3.05) is 5.75 Å². The van der Waals surface area contributed by atoms with Gasteiger partial charge in [0, 0.05) is 11.2 Å². The number of aliphatic carboxylic acids is 1. The number of aromatic nitrogens is 3. The van der Waals surface area contributed by atoms with Crippen LogP contribution in [0.1, 0.15) is 38.3 Å². The molecule has 1 aliphatic carbocycles. The summed E-state index contributed by atoms with van der Waals surface area (Å²) in [5, 5.41) is 9.73. The second kappa shape index (κ2) is 5.33. The number of carbonyl (C=O) groups is 1. The van der Waals surface area contributed by atoms with Crippen molar-refractivity contribution < 1.29 is 9.90 Å². The zero-order chi connectivity index (χ0) is 15.0. The molecule has 0 radical (unpaired) electrons. The van der Waals surface area contributed by atoms with Crippen LogP contribution in [0.25, 0.3) is 11.2 Å². The van der Waals surface area contributed by atoms with Crippen LogP contribution in [-0.2, 0) is 10.3 Å². The van der Waals surface area contributed by atoms with Crippen molar-refractivity contribution in [3.63, 3.8) is 0 Å². The van der Waals surface area contributed by atoms with Gasteiger partial charge in [0.25, 0.3) is 0 Å². The first-order valence-electron chi connectivity index (χ1n) is 7.27. The number of aryl methyl sites for hydroxylation is 1. The highest BCUT2D eigenvalue weighted by molar-refractivity contribution is 7.99. The minimum absolute atomic E-state index is 0.0299. The summed E-state index contributed by atoms with van der Waals surface area (Å²) in [5.41, 5.74) is 2.78. The highest BCUT2D eigenvalue weighted by atomic mass is 32.2. The van der Waals surface area contributed by atoms with Crippen LogP contribution >= 0.6 is 11.8 Å². The van der Waals surface area contributed by atoms with Crippen molar-refractivity contribution >= 4 is 28.9 Å². The van der Waals surface area contributed by atoms with Crippen molar-refractivity contribution in [3.8, 4) is 0 Å². The van der Waals surface area contributed by atoms with Gasteiger partial charge in [-0.25, -0.2) is 9.97 Å². The average molecular weight is 305 g/mol. The van der Waals surface area contributed by atoms with Crippen molar-refractivity contribution in [1.82, 2.24) is 14.5 Å². The topological polar surface area (TPSA) is 68.0 Å². The number of carboxylic acid groups (broad SMARTS) is 1. The first-order chi connectivity index (χ1) is 10.1. The number of carboxylic acids is 1. The Balaban J connectivity index is 2.14. The molecule has 1 N–H and O–H groups in total. The summed E-state index contributed by atoms with van der Waals surface area (Å²) < 4.78 is 2.20. The third-order valence-corrected chi connectivity index (χ3v) is 5.28. The van der Waals surface area contributed by atoms with Gasteiger partial charge in [-0.15, -0.1) is 0 Å². The standard InChI is InChI=1S/C15H19N3O2S/c1-3-15(7-4-8-15)18-13-11(6-5-10(2)16-13)17-14(18)21-9-12(19)20/h5-6H,3-4,7-9H2,1-2H3,(H,19,20). The maximum Gasteiger partial charge on any atom is 0.313 e. The molecule has 1 saturated carbocycles. The summed E-state index contributed by atoms with van der Waals surface area (Å²) in [5.74, 6) is -0.788. The van der Waals surface area contributed by atoms with E-state index in [9.17, 15) is 4.79 Å². The SMILES string of the molecule is CCC1(n2c(SCC(=O)O)nc3ccc(C)nc32)CCC1. The molecule has 5 nitrogen and oxygen atoms in total. The number of pyridine rings is 1. The molecule has 1 fully saturated rings. The van der Waals surface area contributed by atoms with E-state index in [2.05, 4.69) is 21.5 Å². The number of imidazole rings is 1. The van der Waals surface area contributed by atoms with Crippen molar-refractivity contribution in [2.45, 2.75) is 50.2 Å². The third kappa shape index (κ3) is 2.41. The first-order valence-corrected chi connectivity index (χ1v) is 8.25. The molecule has 0 aliphatic heterocycles. The molecule has 0 unspecified atom stereocenters. The highest BCUT2D eigenvalue weighted by Gasteiger charge is 2.40. The fourth-order valence-corrected chi connectivity index (χ4v) is 3.83. The quantitative estimate of drug-likeness (QED) is 0.859. The zero-order valence-electron chi connectivity index (χ0n) is 12.3. The maximum atomic E-state index is 10.9. The van der Waals surface area contributed by atoms with Crippen molar-refractivity contribution in [3.05, 3.63) is 17.8 Å². The van der Waals surface area contributed by atoms with Gasteiger partial charge in [-0.3, -0.25) is 9.36 Å². The minimum Gasteiger partial charge on any atom is -0.481 e. The van der Waals surface area contributed by atoms with Crippen LogP contribution < -0.4 is 0 Å². The summed E-state index contributed by atoms with van der Waals surface area (Å²) >= 11 is 1.29. The number of hydrogen-bond acceptors (Lipinski definition) is 4. The molecule has 0 atom stereocenters. The van der Waals surface area contributed by atoms with Gasteiger partial charge < -0.3 is 5.11 Å². The molecule has 3 rings (SSSR count). The fourth-order valence-electron chi connectivity index (χ4n) is 3.00. The summed E-state index contributed by atoms with van der Waals surface area (Å²) in [7, 11) is 0. The van der Waals surface area contributed by atoms with Gasteiger partial charge in [0.2, 0.25) is 0 Å². The molecular weight excluding hydrogens is 286 g/mol. The lowest BCUT2D eigenvalue weighted by molar-refractivity contribution is -0.133. The molecule has 0 bridgehead atoms. The van der Waals surface area contributed by atoms with Crippen LogP contribution in [0.3, 0.4) is 0 Å². The second-order valence-corrected chi connectivity index (χ2v) is 6.58. The van der Waals surface area contributed by atoms with E-state index >= 15 is 0 Å². The Kier molecular flexibility index (Phi) is 3.65. The van der Waals surface area contributed by atoms with E-state index in [1.54, 1.807) is 0 Å². The lowest BCUT2D eigenvalue weighted by Gasteiger charge is -2.43. The fraction of sp³-hybridized carbons (Fsp3) is 0.533. The minimum atomic E-state index is -0.818. The lowest BCUT2D eigenvalue weighted by atomic mass is 9.74. The zero-order valence-corrected chi connectivity index (χ0v) is 13.1. The number of nitrogens with zero attached hydrogens (tertiary/aromatic N) is 3. The average Bonchev–Trinajstić information content (AvgIpc) is 2.75. The Bertz CT molecular complexity index is 686. The number of rotatable bonds is 5. The van der Waals surface area contributed by atoms with E-state index in [0.29, 0.717) is 0 Å². The predicted octanol–water partition coefficient (Wildman–Crippen LogP) is 3.21. The third-order valence-electron chi connectivity index (χ3n) is 4.35. The lowest BCUT2D eigenvalue weighted by Crippen LogP contribution is -2.40. The van der Waals surface area contributed by atoms with Gasteiger partial charge in [-0.1, -0.05) is 18.7 Å². The van der Waals surface area contributed by atoms with Crippen LogP contribution in [0.5, 0.6) is 0 Å². The molecule has 0 saturated heterocycles. The summed E-state index contributed by atoms with van der Waals surface area (Å²) in [6, 6.07) is 3.92. The van der Waals surface area contributed by atoms with E-state index in [0.717, 1.165) is 41.3 Å². The van der Waals surface area contributed by atoms with Gasteiger partial charge in [0.05, 0.1) is 5.75 Å². The molecular formula is C15H19N3O2S. The van der Waals surface area contributed by atoms with E-state index in [-0.39, 0.29) is 11.3 Å². The number of hydrogen-bond donors (Lipinski definition) is 1. The van der Waals surface area contributed by atoms with Gasteiger partial charge in [-0.2, -0.15) is 0 Å². The van der Waals surface area contributed by atoms with Crippen LogP contribution in [0.2, 0.25) is 0 Å². The smallest absolute Gasteiger partial charge is 0.313 e. The molecule has 0 spiro atoms. The molecule has 0 amide bonds. The van der Waals surface area contributed by atoms with Crippen LogP contribution in [-0.4, -0.2) is 31.4 Å². The molecule has 2 aromatic heterocycles. The maximum absolute atomic E-state index is 10.9. The Morgan fingerprint density at radius 2 is 2.19 bits per heavy atom. The summed E-state index contributed by atoms with van der Waals surface area (Å²) in [4.78, 5) is 20.2. The summed E-state index contributed by atoms with van der Waals surface area (Å²) in [6.07, 6.45) is 4.47. The van der Waals surface area contributed by atoms with E-state index in [4.69, 9.17) is 5.11 Å². The normalized spacial score (nSPS) is 16.9. The number of thioether (sulfide) groups is 1. The van der Waals surface area contributed by atoms with E-state index < -0.39 is 5.97 Å². The Labute approximate surface area is 127 Å². The van der Waals surface area contributed by atoms with Crippen molar-refractivity contribution in [1.29, 1.82) is 0 Å². The van der Waals surface area contributed by atoms with E-state index in [1.165, 1.54) is 18.2 Å². The molecule has 21 heavy (non-hydrogen) atoms. The second-order valence-electron chi connectivity index (χ2n) is 5.64. The van der Waals surface area contributed by atoms with Gasteiger partial charge in [-0.05, 0) is 44.7 Å². The molecule has 2 aromatic rings. The van der Waals surface area contributed by atoms with Gasteiger partial charge in [0.15, 0.2) is 10.8 Å². The molecule has 1 aliphatic rings. The highest BCUT2D eigenvalue weighted by Crippen LogP contribution is 2.45. The van der Waals surface area contributed by atoms with Crippen LogP contribution in [0.4, 0.5) is 0 Å². The molecule has 2 heterocycles. The largest absolute Gasteiger partial charge is 0.481 e. The Hall–Kier alpha value is -1.56. The van der Waals surface area contributed by atoms with Gasteiger partial charge in [0.1, 0.15) is 5.52 Å². The Morgan fingerprint density at radius 1 is 1.43 bits per heavy atom. The number of fused-ring (bicyclic) bond motifs is 1. The van der Waals surface area contributed by atoms with Gasteiger partial charge >= 0.3 is 5.97 Å². The first kappa shape index (κ1) is 14.4. The Morgan fingerprint density at radius 3 is 2.76 bits per heavy atom. The van der Waals surface area contributed by atoms with E-state index in [1.807, 2.05) is 19.1 Å². The van der Waals surface area contributed by atoms with Crippen LogP contribution in [0.15, 0.2) is 17.3 Å². The molecule has 0 aromatic carbocycles. The monoisotopic (exact) mass is 305 g/mol. The summed E-state index contributed by atoms with van der Waals surface area (Å²) in [6.45, 7) is 4.16. The molecule has 6 heteroatoms. The van der Waals surface area contributed by atoms with Crippen LogP contribution in [0, 0.1) is 6.92 Å².